The van der Waals surface area contributed by atoms with Crippen molar-refractivity contribution in [3.05, 3.63) is 129 Å². The molecule has 4 aromatic rings. The van der Waals surface area contributed by atoms with Crippen molar-refractivity contribution in [1.29, 1.82) is 0 Å². The number of amides is 2. The highest BCUT2D eigenvalue weighted by atomic mass is 35.5. The van der Waals surface area contributed by atoms with Gasteiger partial charge in [-0.3, -0.25) is 9.59 Å². The first-order chi connectivity index (χ1) is 16.0. The molecule has 0 saturated heterocycles. The molecular weight excluding hydrogens is 455 g/mol. The first-order valence-corrected chi connectivity index (χ1v) is 11.0. The zero-order valence-corrected chi connectivity index (χ0v) is 19.0. The summed E-state index contributed by atoms with van der Waals surface area (Å²) in [5.41, 5.74) is 4.15. The normalized spacial score (nSPS) is 10.5. The Kier molecular flexibility index (Phi) is 7.08. The van der Waals surface area contributed by atoms with Gasteiger partial charge >= 0.3 is 0 Å². The van der Waals surface area contributed by atoms with Crippen LogP contribution < -0.4 is 10.6 Å². The third-order valence-corrected chi connectivity index (χ3v) is 5.67. The lowest BCUT2D eigenvalue weighted by Crippen LogP contribution is -2.12. The summed E-state index contributed by atoms with van der Waals surface area (Å²) in [6.45, 7) is 0. The van der Waals surface area contributed by atoms with E-state index >= 15 is 0 Å². The summed E-state index contributed by atoms with van der Waals surface area (Å²) >= 11 is 12.8. The van der Waals surface area contributed by atoms with E-state index in [4.69, 9.17) is 23.2 Å². The standard InChI is InChI=1S/C27H20Cl2N2O2/c28-22-16-18(11-13-24(22)30-26(32)20-7-3-1-4-8-20)15-19-12-14-25(23(29)17-19)31-27(33)21-9-5-2-6-10-21/h1-14,16-17H,15H2,(H,30,32)(H,31,33). The molecule has 4 aromatic carbocycles. The average molecular weight is 475 g/mol. The summed E-state index contributed by atoms with van der Waals surface area (Å²) < 4.78 is 0. The number of anilines is 2. The smallest absolute Gasteiger partial charge is 0.255 e. The number of hydrogen-bond donors (Lipinski definition) is 2. The van der Waals surface area contributed by atoms with Gasteiger partial charge in [-0.2, -0.15) is 0 Å². The molecule has 0 atom stereocenters. The van der Waals surface area contributed by atoms with Gasteiger partial charge in [-0.05, 0) is 66.1 Å². The zero-order valence-electron chi connectivity index (χ0n) is 17.5. The van der Waals surface area contributed by atoms with Crippen molar-refractivity contribution in [2.75, 3.05) is 10.6 Å². The van der Waals surface area contributed by atoms with Crippen LogP contribution in [0.25, 0.3) is 0 Å². The molecular formula is C27H20Cl2N2O2. The van der Waals surface area contributed by atoms with Crippen LogP contribution >= 0.6 is 23.2 Å². The summed E-state index contributed by atoms with van der Waals surface area (Å²) in [4.78, 5) is 24.7. The molecule has 0 bridgehead atoms. The molecule has 33 heavy (non-hydrogen) atoms. The Morgan fingerprint density at radius 3 is 1.33 bits per heavy atom. The summed E-state index contributed by atoms with van der Waals surface area (Å²) in [6.07, 6.45) is 0.596. The van der Waals surface area contributed by atoms with Gasteiger partial charge in [0.05, 0.1) is 21.4 Å². The maximum Gasteiger partial charge on any atom is 0.255 e. The van der Waals surface area contributed by atoms with Gasteiger partial charge in [-0.1, -0.05) is 71.7 Å². The number of halogens is 2. The van der Waals surface area contributed by atoms with Crippen LogP contribution in [0.3, 0.4) is 0 Å². The van der Waals surface area contributed by atoms with E-state index in [1.165, 1.54) is 0 Å². The molecule has 4 rings (SSSR count). The molecule has 0 aliphatic rings. The van der Waals surface area contributed by atoms with Crippen molar-refractivity contribution in [3.8, 4) is 0 Å². The van der Waals surface area contributed by atoms with Gasteiger partial charge in [0, 0.05) is 11.1 Å². The molecule has 6 heteroatoms. The van der Waals surface area contributed by atoms with E-state index < -0.39 is 0 Å². The lowest BCUT2D eigenvalue weighted by Gasteiger charge is -2.11. The summed E-state index contributed by atoms with van der Waals surface area (Å²) in [6, 6.07) is 28.9. The van der Waals surface area contributed by atoms with E-state index in [-0.39, 0.29) is 11.8 Å². The fourth-order valence-electron chi connectivity index (χ4n) is 3.34. The van der Waals surface area contributed by atoms with E-state index in [0.29, 0.717) is 39.0 Å². The van der Waals surface area contributed by atoms with Gasteiger partial charge in [0.2, 0.25) is 0 Å². The van der Waals surface area contributed by atoms with Gasteiger partial charge in [0.15, 0.2) is 0 Å². The summed E-state index contributed by atoms with van der Waals surface area (Å²) in [5, 5.41) is 6.57. The van der Waals surface area contributed by atoms with Gasteiger partial charge < -0.3 is 10.6 Å². The molecule has 0 fully saturated rings. The first kappa shape index (κ1) is 22.6. The fourth-order valence-corrected chi connectivity index (χ4v) is 3.84. The van der Waals surface area contributed by atoms with Crippen LogP contribution in [0, 0.1) is 0 Å². The Balaban J connectivity index is 1.42. The molecule has 0 aliphatic heterocycles. The third kappa shape index (κ3) is 5.80. The van der Waals surface area contributed by atoms with E-state index in [9.17, 15) is 9.59 Å². The Bertz CT molecular complexity index is 1190. The van der Waals surface area contributed by atoms with Crippen LogP contribution in [0.5, 0.6) is 0 Å². The second kappa shape index (κ2) is 10.3. The molecule has 0 aliphatic carbocycles. The minimum atomic E-state index is -0.217. The fraction of sp³-hybridized carbons (Fsp3) is 0.0370. The predicted molar refractivity (Wildman–Crippen MR) is 135 cm³/mol. The zero-order chi connectivity index (χ0) is 23.2. The van der Waals surface area contributed by atoms with Gasteiger partial charge in [0.1, 0.15) is 0 Å². The Labute approximate surface area is 202 Å². The van der Waals surface area contributed by atoms with E-state index in [1.54, 1.807) is 36.4 Å². The maximum absolute atomic E-state index is 12.4. The Hall–Kier alpha value is -3.60. The largest absolute Gasteiger partial charge is 0.321 e. The van der Waals surface area contributed by atoms with Gasteiger partial charge in [-0.25, -0.2) is 0 Å². The molecule has 164 valence electrons. The second-order valence-electron chi connectivity index (χ2n) is 7.45. The van der Waals surface area contributed by atoms with E-state index in [2.05, 4.69) is 10.6 Å². The molecule has 4 nitrogen and oxygen atoms in total. The van der Waals surface area contributed by atoms with Crippen molar-refractivity contribution >= 4 is 46.4 Å². The lowest BCUT2D eigenvalue weighted by atomic mass is 10.0. The molecule has 0 spiro atoms. The molecule has 0 saturated carbocycles. The highest BCUT2D eigenvalue weighted by molar-refractivity contribution is 6.34. The molecule has 0 heterocycles. The lowest BCUT2D eigenvalue weighted by molar-refractivity contribution is 0.101. The first-order valence-electron chi connectivity index (χ1n) is 10.3. The third-order valence-electron chi connectivity index (χ3n) is 5.04. The minimum Gasteiger partial charge on any atom is -0.321 e. The van der Waals surface area contributed by atoms with Crippen molar-refractivity contribution in [3.63, 3.8) is 0 Å². The number of rotatable bonds is 6. The number of carbonyl (C=O) groups excluding carboxylic acids is 2. The number of benzene rings is 4. The van der Waals surface area contributed by atoms with Crippen molar-refractivity contribution in [1.82, 2.24) is 0 Å². The average Bonchev–Trinajstić information content (AvgIpc) is 2.83. The van der Waals surface area contributed by atoms with Crippen molar-refractivity contribution in [2.45, 2.75) is 6.42 Å². The van der Waals surface area contributed by atoms with E-state index in [1.807, 2.05) is 60.7 Å². The van der Waals surface area contributed by atoms with Crippen LogP contribution in [0.2, 0.25) is 10.0 Å². The number of nitrogens with one attached hydrogen (secondary N) is 2. The Morgan fingerprint density at radius 1 is 0.576 bits per heavy atom. The van der Waals surface area contributed by atoms with Crippen LogP contribution in [-0.4, -0.2) is 11.8 Å². The predicted octanol–water partition coefficient (Wildman–Crippen LogP) is 7.09. The quantitative estimate of drug-likeness (QED) is 0.313. The summed E-state index contributed by atoms with van der Waals surface area (Å²) in [7, 11) is 0. The molecule has 2 amide bonds. The van der Waals surface area contributed by atoms with E-state index in [0.717, 1.165) is 11.1 Å². The van der Waals surface area contributed by atoms with Crippen LogP contribution in [0.1, 0.15) is 31.8 Å². The van der Waals surface area contributed by atoms with Crippen molar-refractivity contribution < 1.29 is 9.59 Å². The highest BCUT2D eigenvalue weighted by Gasteiger charge is 2.11. The van der Waals surface area contributed by atoms with Crippen LogP contribution in [0.4, 0.5) is 11.4 Å². The maximum atomic E-state index is 12.4. The number of hydrogen-bond acceptors (Lipinski definition) is 2. The van der Waals surface area contributed by atoms with Gasteiger partial charge in [0.25, 0.3) is 11.8 Å². The van der Waals surface area contributed by atoms with Gasteiger partial charge in [-0.15, -0.1) is 0 Å². The van der Waals surface area contributed by atoms with Crippen LogP contribution in [-0.2, 0) is 6.42 Å². The minimum absolute atomic E-state index is 0.217. The molecule has 0 unspecified atom stereocenters. The summed E-state index contributed by atoms with van der Waals surface area (Å²) in [5.74, 6) is -0.435. The highest BCUT2D eigenvalue weighted by Crippen LogP contribution is 2.28. The van der Waals surface area contributed by atoms with Crippen LogP contribution in [0.15, 0.2) is 97.1 Å². The molecule has 2 N–H and O–H groups in total. The monoisotopic (exact) mass is 474 g/mol. The molecule has 0 radical (unpaired) electrons. The molecule has 0 aromatic heterocycles. The van der Waals surface area contributed by atoms with Crippen molar-refractivity contribution in [2.24, 2.45) is 0 Å². The number of carbonyl (C=O) groups is 2. The Morgan fingerprint density at radius 2 is 0.970 bits per heavy atom. The SMILES string of the molecule is O=C(Nc1ccc(Cc2ccc(NC(=O)c3ccccc3)c(Cl)c2)cc1Cl)c1ccccc1. The second-order valence-corrected chi connectivity index (χ2v) is 8.26. The topological polar surface area (TPSA) is 58.2 Å².